The van der Waals surface area contributed by atoms with Gasteiger partial charge >= 0.3 is 0 Å². The highest BCUT2D eigenvalue weighted by molar-refractivity contribution is 9.09. The summed E-state index contributed by atoms with van der Waals surface area (Å²) in [5.41, 5.74) is 0.314. The van der Waals surface area contributed by atoms with Crippen LogP contribution in [0.4, 0.5) is 4.39 Å². The van der Waals surface area contributed by atoms with Crippen LogP contribution < -0.4 is 4.74 Å². The minimum Gasteiger partial charge on any atom is -0.497 e. The number of rotatable bonds is 3. The quantitative estimate of drug-likeness (QED) is 0.605. The molecule has 0 aliphatic carbocycles. The van der Waals surface area contributed by atoms with Crippen LogP contribution in [0.5, 0.6) is 5.75 Å². The van der Waals surface area contributed by atoms with Crippen LogP contribution in [-0.2, 0) is 0 Å². The molecule has 0 N–H and O–H groups in total. The molecule has 0 bridgehead atoms. The molecule has 0 spiro atoms. The van der Waals surface area contributed by atoms with Crippen LogP contribution in [0.2, 0.25) is 0 Å². The van der Waals surface area contributed by atoms with E-state index in [1.807, 2.05) is 0 Å². The Hall–Kier alpha value is -0.900. The molecule has 4 heteroatoms. The van der Waals surface area contributed by atoms with E-state index >= 15 is 0 Å². The van der Waals surface area contributed by atoms with E-state index < -0.39 is 5.82 Å². The molecule has 0 aliphatic heterocycles. The Bertz CT molecular complexity index is 325. The smallest absolute Gasteiger partial charge is 0.173 e. The summed E-state index contributed by atoms with van der Waals surface area (Å²) in [4.78, 5) is 11.2. The van der Waals surface area contributed by atoms with Crippen molar-refractivity contribution >= 4 is 21.7 Å². The lowest BCUT2D eigenvalue weighted by molar-refractivity contribution is 0.102. The molecule has 1 aromatic rings. The normalized spacial score (nSPS) is 9.77. The van der Waals surface area contributed by atoms with E-state index in [-0.39, 0.29) is 11.1 Å². The number of alkyl halides is 1. The molecule has 70 valence electrons. The Morgan fingerprint density at radius 2 is 2.23 bits per heavy atom. The van der Waals surface area contributed by atoms with Crippen molar-refractivity contribution in [1.29, 1.82) is 0 Å². The van der Waals surface area contributed by atoms with Crippen LogP contribution in [0.1, 0.15) is 10.4 Å². The molecular weight excluding hydrogens is 239 g/mol. The van der Waals surface area contributed by atoms with Crippen molar-refractivity contribution in [2.75, 3.05) is 12.4 Å². The summed E-state index contributed by atoms with van der Waals surface area (Å²) in [5, 5.41) is 0.180. The van der Waals surface area contributed by atoms with Crippen LogP contribution in [-0.4, -0.2) is 18.2 Å². The zero-order valence-electron chi connectivity index (χ0n) is 7.01. The number of methoxy groups -OCH3 is 1. The Morgan fingerprint density at radius 1 is 1.54 bits per heavy atom. The van der Waals surface area contributed by atoms with Gasteiger partial charge in [-0.25, -0.2) is 4.39 Å². The van der Waals surface area contributed by atoms with Crippen molar-refractivity contribution in [1.82, 2.24) is 0 Å². The molecule has 0 saturated carbocycles. The molecule has 0 fully saturated rings. The maximum Gasteiger partial charge on any atom is 0.173 e. The van der Waals surface area contributed by atoms with Gasteiger partial charge in [0.25, 0.3) is 0 Å². The number of carbonyl (C=O) groups is 1. The van der Waals surface area contributed by atoms with Crippen molar-refractivity contribution in [3.8, 4) is 5.75 Å². The van der Waals surface area contributed by atoms with Crippen molar-refractivity contribution in [2.24, 2.45) is 0 Å². The highest BCUT2D eigenvalue weighted by atomic mass is 79.9. The third kappa shape index (κ3) is 2.52. The van der Waals surface area contributed by atoms with Crippen molar-refractivity contribution in [3.05, 3.63) is 29.6 Å². The van der Waals surface area contributed by atoms with Crippen LogP contribution in [0.15, 0.2) is 18.2 Å². The van der Waals surface area contributed by atoms with Gasteiger partial charge in [0.15, 0.2) is 5.78 Å². The van der Waals surface area contributed by atoms with Gasteiger partial charge in [-0.2, -0.15) is 0 Å². The summed E-state index contributed by atoms with van der Waals surface area (Å²) < 4.78 is 17.7. The second-order valence-electron chi connectivity index (χ2n) is 2.44. The van der Waals surface area contributed by atoms with Gasteiger partial charge in [-0.05, 0) is 12.1 Å². The molecule has 0 radical (unpaired) electrons. The molecule has 0 heterocycles. The van der Waals surface area contributed by atoms with Gasteiger partial charge in [0.2, 0.25) is 0 Å². The summed E-state index contributed by atoms with van der Waals surface area (Å²) >= 11 is 3.01. The van der Waals surface area contributed by atoms with E-state index in [1.165, 1.54) is 25.3 Å². The zero-order valence-corrected chi connectivity index (χ0v) is 8.60. The van der Waals surface area contributed by atoms with Crippen molar-refractivity contribution in [2.45, 2.75) is 0 Å². The first-order valence-electron chi connectivity index (χ1n) is 3.61. The Labute approximate surface area is 83.8 Å². The topological polar surface area (TPSA) is 26.3 Å². The van der Waals surface area contributed by atoms with Crippen molar-refractivity contribution < 1.29 is 13.9 Å². The maximum absolute atomic E-state index is 12.9. The average molecular weight is 247 g/mol. The second kappa shape index (κ2) is 4.37. The lowest BCUT2D eigenvalue weighted by atomic mass is 10.1. The third-order valence-electron chi connectivity index (χ3n) is 1.55. The first-order chi connectivity index (χ1) is 6.17. The number of hydrogen-bond acceptors (Lipinski definition) is 2. The molecule has 0 unspecified atom stereocenters. The Morgan fingerprint density at radius 3 is 2.77 bits per heavy atom. The molecule has 0 aromatic heterocycles. The van der Waals surface area contributed by atoms with Crippen LogP contribution in [0.3, 0.4) is 0 Å². The third-order valence-corrected chi connectivity index (χ3v) is 2.06. The van der Waals surface area contributed by atoms with E-state index in [9.17, 15) is 9.18 Å². The zero-order chi connectivity index (χ0) is 9.84. The Kier molecular flexibility index (Phi) is 3.42. The molecule has 13 heavy (non-hydrogen) atoms. The van der Waals surface area contributed by atoms with Crippen LogP contribution in [0.25, 0.3) is 0 Å². The van der Waals surface area contributed by atoms with Crippen LogP contribution in [0, 0.1) is 5.82 Å². The molecule has 1 aromatic carbocycles. The first-order valence-corrected chi connectivity index (χ1v) is 4.73. The van der Waals surface area contributed by atoms with E-state index in [4.69, 9.17) is 4.74 Å². The summed E-state index contributed by atoms with van der Waals surface area (Å²) in [6.45, 7) is 0. The first kappa shape index (κ1) is 10.2. The number of Topliss-reactive ketones (excluding diaryl/α,β-unsaturated/α-hetero) is 1. The maximum atomic E-state index is 12.9. The average Bonchev–Trinajstić information content (AvgIpc) is 2.15. The number of ketones is 1. The van der Waals surface area contributed by atoms with E-state index in [1.54, 1.807) is 0 Å². The number of halogens is 2. The fourth-order valence-electron chi connectivity index (χ4n) is 0.919. The summed E-state index contributed by atoms with van der Waals surface area (Å²) in [5.74, 6) is -0.286. The van der Waals surface area contributed by atoms with Crippen LogP contribution >= 0.6 is 15.9 Å². The fraction of sp³-hybridized carbons (Fsp3) is 0.222. The van der Waals surface area contributed by atoms with Gasteiger partial charge in [-0.3, -0.25) is 4.79 Å². The van der Waals surface area contributed by atoms with Gasteiger partial charge in [-0.15, -0.1) is 0 Å². The van der Waals surface area contributed by atoms with Gasteiger partial charge in [0.05, 0.1) is 12.4 Å². The minimum atomic E-state index is -0.469. The van der Waals surface area contributed by atoms with Gasteiger partial charge in [-0.1, -0.05) is 15.9 Å². The highest BCUT2D eigenvalue weighted by Crippen LogP contribution is 2.16. The summed E-state index contributed by atoms with van der Waals surface area (Å²) in [7, 11) is 1.43. The second-order valence-corrected chi connectivity index (χ2v) is 3.00. The molecule has 0 aliphatic rings. The monoisotopic (exact) mass is 246 g/mol. The number of ether oxygens (including phenoxy) is 1. The van der Waals surface area contributed by atoms with E-state index in [0.29, 0.717) is 11.3 Å². The Balaban J connectivity index is 3.08. The molecule has 1 rings (SSSR count). The number of carbonyl (C=O) groups excluding carboxylic acids is 1. The largest absolute Gasteiger partial charge is 0.497 e. The van der Waals surface area contributed by atoms with Gasteiger partial charge in [0, 0.05) is 11.6 Å². The molecule has 0 atom stereocenters. The minimum absolute atomic E-state index is 0.169. The molecule has 2 nitrogen and oxygen atoms in total. The molecule has 0 saturated heterocycles. The van der Waals surface area contributed by atoms with Crippen molar-refractivity contribution in [3.63, 3.8) is 0 Å². The SMILES string of the molecule is COc1cc(F)cc(C(=O)CBr)c1. The van der Waals surface area contributed by atoms with E-state index in [0.717, 1.165) is 0 Å². The summed E-state index contributed by atoms with van der Waals surface area (Å²) in [6, 6.07) is 3.92. The predicted octanol–water partition coefficient (Wildman–Crippen LogP) is 2.41. The number of hydrogen-bond donors (Lipinski definition) is 0. The lowest BCUT2D eigenvalue weighted by Gasteiger charge is -2.02. The lowest BCUT2D eigenvalue weighted by Crippen LogP contribution is -2.01. The standard InChI is InChI=1S/C9H8BrFO2/c1-13-8-3-6(9(12)5-10)2-7(11)4-8/h2-4H,5H2,1H3. The summed E-state index contributed by atoms with van der Waals surface area (Å²) in [6.07, 6.45) is 0. The van der Waals surface area contributed by atoms with E-state index in [2.05, 4.69) is 15.9 Å². The van der Waals surface area contributed by atoms with Gasteiger partial charge < -0.3 is 4.74 Å². The molecular formula is C9H8BrFO2. The molecule has 0 amide bonds. The highest BCUT2D eigenvalue weighted by Gasteiger charge is 2.07. The predicted molar refractivity (Wildman–Crippen MR) is 51.1 cm³/mol. The number of benzene rings is 1. The fourth-order valence-corrected chi connectivity index (χ4v) is 1.24. The van der Waals surface area contributed by atoms with Gasteiger partial charge in [0.1, 0.15) is 11.6 Å².